The van der Waals surface area contributed by atoms with Crippen molar-refractivity contribution in [2.45, 2.75) is 39.5 Å². The third kappa shape index (κ3) is 5.45. The van der Waals surface area contributed by atoms with Crippen molar-refractivity contribution in [1.82, 2.24) is 9.88 Å². The summed E-state index contributed by atoms with van der Waals surface area (Å²) >= 11 is 0. The predicted molar refractivity (Wildman–Crippen MR) is 127 cm³/mol. The molecule has 1 N–H and O–H groups in total. The SMILES string of the molecule is CC(C)C(=O)Oc1ccc2[nH]cc(CCCCN3CC=C(c4ccccc4)CC3)c2c1. The normalized spacial score (nSPS) is 14.7. The Morgan fingerprint density at radius 3 is 2.71 bits per heavy atom. The van der Waals surface area contributed by atoms with Gasteiger partial charge in [-0.15, -0.1) is 0 Å². The number of fused-ring (bicyclic) bond motifs is 1. The van der Waals surface area contributed by atoms with E-state index < -0.39 is 0 Å². The Balaban J connectivity index is 1.27. The molecule has 0 amide bonds. The van der Waals surface area contributed by atoms with Crippen molar-refractivity contribution in [1.29, 1.82) is 0 Å². The number of carbonyl (C=O) groups excluding carboxylic acids is 1. The number of ether oxygens (including phenoxy) is 1. The second-order valence-electron chi connectivity index (χ2n) is 8.70. The molecule has 31 heavy (non-hydrogen) atoms. The Morgan fingerprint density at radius 1 is 1.13 bits per heavy atom. The minimum Gasteiger partial charge on any atom is -0.426 e. The fourth-order valence-electron chi connectivity index (χ4n) is 4.14. The van der Waals surface area contributed by atoms with Crippen LogP contribution in [0.3, 0.4) is 0 Å². The van der Waals surface area contributed by atoms with Crippen molar-refractivity contribution in [3.63, 3.8) is 0 Å². The lowest BCUT2D eigenvalue weighted by Gasteiger charge is -2.26. The highest BCUT2D eigenvalue weighted by molar-refractivity contribution is 5.85. The van der Waals surface area contributed by atoms with Gasteiger partial charge in [-0.25, -0.2) is 0 Å². The summed E-state index contributed by atoms with van der Waals surface area (Å²) < 4.78 is 5.49. The number of aromatic nitrogens is 1. The third-order valence-electron chi connectivity index (χ3n) is 6.04. The maximum absolute atomic E-state index is 11.9. The quantitative estimate of drug-likeness (QED) is 0.285. The van der Waals surface area contributed by atoms with E-state index in [0.717, 1.165) is 49.8 Å². The van der Waals surface area contributed by atoms with Crippen LogP contribution in [0.4, 0.5) is 0 Å². The van der Waals surface area contributed by atoms with Gasteiger partial charge in [0.25, 0.3) is 0 Å². The van der Waals surface area contributed by atoms with E-state index in [1.54, 1.807) is 0 Å². The van der Waals surface area contributed by atoms with Crippen molar-refractivity contribution in [2.75, 3.05) is 19.6 Å². The Morgan fingerprint density at radius 2 is 1.97 bits per heavy atom. The summed E-state index contributed by atoms with van der Waals surface area (Å²) in [6.45, 7) is 7.02. The largest absolute Gasteiger partial charge is 0.426 e. The standard InChI is InChI=1S/C27H32N2O2/c1-20(2)27(30)31-24-11-12-26-25(18-24)23(19-28-26)10-6-7-15-29-16-13-22(14-17-29)21-8-4-3-5-9-21/h3-5,8-9,11-13,18-20,28H,6-7,10,14-17H2,1-2H3. The molecular weight excluding hydrogens is 384 g/mol. The van der Waals surface area contributed by atoms with Gasteiger partial charge in [-0.05, 0) is 67.1 Å². The zero-order valence-electron chi connectivity index (χ0n) is 18.6. The van der Waals surface area contributed by atoms with Crippen molar-refractivity contribution >= 4 is 22.4 Å². The van der Waals surface area contributed by atoms with Gasteiger partial charge in [0, 0.05) is 30.2 Å². The highest BCUT2D eigenvalue weighted by atomic mass is 16.5. The molecular formula is C27H32N2O2. The van der Waals surface area contributed by atoms with E-state index >= 15 is 0 Å². The van der Waals surface area contributed by atoms with Crippen LogP contribution >= 0.6 is 0 Å². The molecule has 1 aromatic heterocycles. The number of esters is 1. The Labute approximate surface area is 184 Å². The molecule has 2 aromatic carbocycles. The molecule has 4 nitrogen and oxygen atoms in total. The Kier molecular flexibility index (Phi) is 6.88. The number of nitrogens with zero attached hydrogens (tertiary/aromatic N) is 1. The number of hydrogen-bond donors (Lipinski definition) is 1. The molecule has 0 unspecified atom stereocenters. The van der Waals surface area contributed by atoms with Gasteiger partial charge in [-0.3, -0.25) is 9.69 Å². The van der Waals surface area contributed by atoms with Crippen LogP contribution in [-0.4, -0.2) is 35.5 Å². The highest BCUT2D eigenvalue weighted by Crippen LogP contribution is 2.26. The zero-order valence-corrected chi connectivity index (χ0v) is 18.6. The summed E-state index contributed by atoms with van der Waals surface area (Å²) in [7, 11) is 0. The minimum absolute atomic E-state index is 0.130. The topological polar surface area (TPSA) is 45.3 Å². The van der Waals surface area contributed by atoms with Crippen LogP contribution in [0.1, 0.15) is 44.2 Å². The van der Waals surface area contributed by atoms with Crippen LogP contribution in [0, 0.1) is 5.92 Å². The first-order chi connectivity index (χ1) is 15.1. The number of carbonyl (C=O) groups is 1. The molecule has 0 saturated heterocycles. The molecule has 4 rings (SSSR count). The fourth-order valence-corrected chi connectivity index (χ4v) is 4.14. The molecule has 0 aliphatic carbocycles. The van der Waals surface area contributed by atoms with Crippen molar-refractivity contribution in [2.24, 2.45) is 5.92 Å². The lowest BCUT2D eigenvalue weighted by molar-refractivity contribution is -0.137. The van der Waals surface area contributed by atoms with E-state index in [2.05, 4.69) is 52.5 Å². The monoisotopic (exact) mass is 416 g/mol. The second-order valence-corrected chi connectivity index (χ2v) is 8.70. The molecule has 0 radical (unpaired) electrons. The van der Waals surface area contributed by atoms with Crippen LogP contribution in [0.5, 0.6) is 5.75 Å². The summed E-state index contributed by atoms with van der Waals surface area (Å²) in [5.74, 6) is 0.304. The smallest absolute Gasteiger partial charge is 0.313 e. The number of rotatable bonds is 8. The van der Waals surface area contributed by atoms with Crippen molar-refractivity contribution in [3.05, 3.63) is 71.9 Å². The lowest BCUT2D eigenvalue weighted by Crippen LogP contribution is -2.29. The van der Waals surface area contributed by atoms with E-state index in [9.17, 15) is 4.79 Å². The van der Waals surface area contributed by atoms with E-state index in [1.165, 1.54) is 23.1 Å². The van der Waals surface area contributed by atoms with Crippen LogP contribution in [0.25, 0.3) is 16.5 Å². The zero-order chi connectivity index (χ0) is 21.6. The number of unbranched alkanes of at least 4 members (excludes halogenated alkanes) is 1. The van der Waals surface area contributed by atoms with E-state index in [0.29, 0.717) is 5.75 Å². The van der Waals surface area contributed by atoms with E-state index in [-0.39, 0.29) is 11.9 Å². The molecule has 0 saturated carbocycles. The summed E-state index contributed by atoms with van der Waals surface area (Å²) in [6.07, 6.45) is 8.97. The van der Waals surface area contributed by atoms with Crippen LogP contribution in [0.15, 0.2) is 60.8 Å². The maximum Gasteiger partial charge on any atom is 0.313 e. The van der Waals surface area contributed by atoms with Gasteiger partial charge >= 0.3 is 5.97 Å². The third-order valence-corrected chi connectivity index (χ3v) is 6.04. The molecule has 0 atom stereocenters. The average molecular weight is 417 g/mol. The van der Waals surface area contributed by atoms with Gasteiger partial charge < -0.3 is 9.72 Å². The average Bonchev–Trinajstić information content (AvgIpc) is 3.20. The summed E-state index contributed by atoms with van der Waals surface area (Å²) in [6, 6.07) is 16.6. The molecule has 162 valence electrons. The minimum atomic E-state index is -0.192. The van der Waals surface area contributed by atoms with Crippen LogP contribution in [-0.2, 0) is 11.2 Å². The molecule has 1 aliphatic rings. The number of H-pyrrole nitrogens is 1. The molecule has 3 aromatic rings. The predicted octanol–water partition coefficient (Wildman–Crippen LogP) is 5.84. The highest BCUT2D eigenvalue weighted by Gasteiger charge is 2.14. The van der Waals surface area contributed by atoms with Crippen LogP contribution in [0.2, 0.25) is 0 Å². The Hall–Kier alpha value is -2.85. The maximum atomic E-state index is 11.9. The van der Waals surface area contributed by atoms with E-state index in [4.69, 9.17) is 4.74 Å². The number of nitrogens with one attached hydrogen (secondary N) is 1. The first-order valence-corrected chi connectivity index (χ1v) is 11.4. The molecule has 2 heterocycles. The Bertz CT molecular complexity index is 1050. The van der Waals surface area contributed by atoms with Gasteiger partial charge in [-0.1, -0.05) is 50.3 Å². The molecule has 0 spiro atoms. The number of benzene rings is 2. The lowest BCUT2D eigenvalue weighted by atomic mass is 9.99. The van der Waals surface area contributed by atoms with Crippen molar-refractivity contribution < 1.29 is 9.53 Å². The number of aromatic amines is 1. The second kappa shape index (κ2) is 9.97. The molecule has 1 aliphatic heterocycles. The van der Waals surface area contributed by atoms with Gasteiger partial charge in [0.15, 0.2) is 0 Å². The summed E-state index contributed by atoms with van der Waals surface area (Å²) in [5, 5.41) is 1.16. The number of aryl methyl sites for hydroxylation is 1. The van der Waals surface area contributed by atoms with Gasteiger partial charge in [0.2, 0.25) is 0 Å². The molecule has 0 bridgehead atoms. The summed E-state index contributed by atoms with van der Waals surface area (Å²) in [5.41, 5.74) is 5.22. The van der Waals surface area contributed by atoms with Gasteiger partial charge in [0.05, 0.1) is 5.92 Å². The van der Waals surface area contributed by atoms with E-state index in [1.807, 2.05) is 32.0 Å². The van der Waals surface area contributed by atoms with Crippen molar-refractivity contribution in [3.8, 4) is 5.75 Å². The summed E-state index contributed by atoms with van der Waals surface area (Å²) in [4.78, 5) is 17.8. The number of hydrogen-bond acceptors (Lipinski definition) is 3. The first kappa shape index (κ1) is 21.4. The fraction of sp³-hybridized carbons (Fsp3) is 0.370. The van der Waals surface area contributed by atoms with Crippen LogP contribution < -0.4 is 4.74 Å². The first-order valence-electron chi connectivity index (χ1n) is 11.4. The van der Waals surface area contributed by atoms with Gasteiger partial charge in [-0.2, -0.15) is 0 Å². The van der Waals surface area contributed by atoms with Gasteiger partial charge in [0.1, 0.15) is 5.75 Å². The molecule has 0 fully saturated rings. The molecule has 4 heteroatoms.